The second-order valence-corrected chi connectivity index (χ2v) is 4.40. The first-order valence-electron chi connectivity index (χ1n) is 6.67. The summed E-state index contributed by atoms with van der Waals surface area (Å²) in [6.45, 7) is 2.60. The van der Waals surface area contributed by atoms with Gasteiger partial charge in [0.2, 0.25) is 17.5 Å². The van der Waals surface area contributed by atoms with Crippen molar-refractivity contribution in [2.75, 3.05) is 19.0 Å². The van der Waals surface area contributed by atoms with E-state index in [0.717, 1.165) is 0 Å². The van der Waals surface area contributed by atoms with Crippen molar-refractivity contribution in [2.24, 2.45) is 0 Å². The van der Waals surface area contributed by atoms with Crippen LogP contribution in [0.25, 0.3) is 22.6 Å². The first kappa shape index (κ1) is 14.1. The van der Waals surface area contributed by atoms with Crippen molar-refractivity contribution in [3.8, 4) is 17.3 Å². The molecule has 0 fully saturated rings. The summed E-state index contributed by atoms with van der Waals surface area (Å²) < 4.78 is 18.2. The molecule has 2 heterocycles. The van der Waals surface area contributed by atoms with E-state index in [9.17, 15) is 4.39 Å². The zero-order chi connectivity index (χ0) is 15.5. The van der Waals surface area contributed by atoms with Crippen LogP contribution in [0, 0.1) is 5.82 Å². The topological polar surface area (TPSA) is 85.7 Å². The molecule has 0 spiro atoms. The van der Waals surface area contributed by atoms with Crippen molar-refractivity contribution in [1.29, 1.82) is 0 Å². The quantitative estimate of drug-likeness (QED) is 0.789. The highest BCUT2D eigenvalue weighted by Crippen LogP contribution is 2.23. The Labute approximate surface area is 125 Å². The number of hydrogen-bond acceptors (Lipinski definition) is 7. The van der Waals surface area contributed by atoms with Crippen LogP contribution in [0.4, 0.5) is 10.3 Å². The molecule has 0 amide bonds. The zero-order valence-corrected chi connectivity index (χ0v) is 12.0. The van der Waals surface area contributed by atoms with Crippen LogP contribution < -0.4 is 10.1 Å². The van der Waals surface area contributed by atoms with Gasteiger partial charge in [-0.1, -0.05) is 0 Å². The third-order valence-electron chi connectivity index (χ3n) is 2.92. The van der Waals surface area contributed by atoms with Gasteiger partial charge in [0.1, 0.15) is 5.82 Å². The van der Waals surface area contributed by atoms with E-state index in [2.05, 4.69) is 30.5 Å². The van der Waals surface area contributed by atoms with Crippen LogP contribution in [0.2, 0.25) is 0 Å². The minimum Gasteiger partial charge on any atom is -0.479 e. The highest BCUT2D eigenvalue weighted by Gasteiger charge is 2.13. The molecule has 0 bridgehead atoms. The summed E-state index contributed by atoms with van der Waals surface area (Å²) in [4.78, 5) is 12.8. The van der Waals surface area contributed by atoms with E-state index >= 15 is 0 Å². The summed E-state index contributed by atoms with van der Waals surface area (Å²) in [7, 11) is 1.50. The number of hydrogen-bond donors (Lipinski definition) is 1. The monoisotopic (exact) mass is 300 g/mol. The van der Waals surface area contributed by atoms with Crippen molar-refractivity contribution in [3.63, 3.8) is 0 Å². The number of nitrogens with one attached hydrogen (secondary N) is 1. The number of ether oxygens (including phenoxy) is 1. The maximum Gasteiger partial charge on any atom is 0.247 e. The number of nitrogens with zero attached hydrogens (tertiary/aromatic N) is 5. The maximum absolute atomic E-state index is 13.0. The molecule has 0 aliphatic heterocycles. The fourth-order valence-electron chi connectivity index (χ4n) is 1.91. The summed E-state index contributed by atoms with van der Waals surface area (Å²) in [6, 6.07) is 5.84. The molecule has 8 heteroatoms. The lowest BCUT2D eigenvalue weighted by atomic mass is 10.2. The van der Waals surface area contributed by atoms with Gasteiger partial charge in [0.15, 0.2) is 11.3 Å². The standard InChI is InChI=1S/C14H13FN6O/c1-3-16-14-18-12-10(13(19-14)22-2)17-11(20-21-12)8-4-6-9(15)7-5-8/h4-7H,3H2,1-2H3,(H,16,18,19,21). The van der Waals surface area contributed by atoms with Crippen LogP contribution >= 0.6 is 0 Å². The largest absolute Gasteiger partial charge is 0.479 e. The van der Waals surface area contributed by atoms with Gasteiger partial charge in [0.25, 0.3) is 0 Å². The third kappa shape index (κ3) is 2.62. The zero-order valence-electron chi connectivity index (χ0n) is 12.0. The molecule has 1 N–H and O–H groups in total. The highest BCUT2D eigenvalue weighted by molar-refractivity contribution is 5.78. The molecule has 0 aliphatic rings. The fraction of sp³-hybridized carbons (Fsp3) is 0.214. The lowest BCUT2D eigenvalue weighted by Crippen LogP contribution is -2.06. The second-order valence-electron chi connectivity index (χ2n) is 4.40. The Morgan fingerprint density at radius 3 is 2.55 bits per heavy atom. The van der Waals surface area contributed by atoms with E-state index in [-0.39, 0.29) is 5.82 Å². The molecule has 2 aromatic heterocycles. The minimum absolute atomic E-state index is 0.305. The average Bonchev–Trinajstić information content (AvgIpc) is 2.55. The lowest BCUT2D eigenvalue weighted by molar-refractivity contribution is 0.402. The highest BCUT2D eigenvalue weighted by atomic mass is 19.1. The van der Waals surface area contributed by atoms with Crippen molar-refractivity contribution >= 4 is 17.1 Å². The molecule has 112 valence electrons. The van der Waals surface area contributed by atoms with E-state index in [1.165, 1.54) is 19.2 Å². The summed E-state index contributed by atoms with van der Waals surface area (Å²) >= 11 is 0. The Balaban J connectivity index is 2.12. The molecule has 0 atom stereocenters. The summed E-state index contributed by atoms with van der Waals surface area (Å²) in [5.41, 5.74) is 1.38. The van der Waals surface area contributed by atoms with Crippen LogP contribution in [0.15, 0.2) is 24.3 Å². The lowest BCUT2D eigenvalue weighted by Gasteiger charge is -2.07. The second kappa shape index (κ2) is 5.84. The maximum atomic E-state index is 13.0. The molecular formula is C14H13FN6O. The van der Waals surface area contributed by atoms with E-state index in [0.29, 0.717) is 40.9 Å². The van der Waals surface area contributed by atoms with E-state index in [1.807, 2.05) is 6.92 Å². The predicted octanol–water partition coefficient (Wildman–Crippen LogP) is 2.06. The molecule has 0 unspecified atom stereocenters. The number of benzene rings is 1. The molecule has 0 aliphatic carbocycles. The van der Waals surface area contributed by atoms with Crippen molar-refractivity contribution in [1.82, 2.24) is 25.1 Å². The summed E-state index contributed by atoms with van der Waals surface area (Å²) in [5, 5.41) is 11.1. The Hall–Kier alpha value is -2.90. The average molecular weight is 300 g/mol. The smallest absolute Gasteiger partial charge is 0.247 e. The molecule has 22 heavy (non-hydrogen) atoms. The first-order valence-corrected chi connectivity index (χ1v) is 6.67. The SMILES string of the molecule is CCNc1nc(OC)c2nc(-c3ccc(F)cc3)nnc2n1. The Morgan fingerprint density at radius 1 is 1.09 bits per heavy atom. The van der Waals surface area contributed by atoms with Gasteiger partial charge in [0, 0.05) is 12.1 Å². The van der Waals surface area contributed by atoms with Crippen LogP contribution in [0.1, 0.15) is 6.92 Å². The van der Waals surface area contributed by atoms with Gasteiger partial charge < -0.3 is 10.1 Å². The number of halogens is 1. The Bertz CT molecular complexity index is 808. The van der Waals surface area contributed by atoms with E-state index in [4.69, 9.17) is 4.74 Å². The van der Waals surface area contributed by atoms with Gasteiger partial charge in [0.05, 0.1) is 7.11 Å². The van der Waals surface area contributed by atoms with Crippen molar-refractivity contribution in [3.05, 3.63) is 30.1 Å². The Morgan fingerprint density at radius 2 is 1.86 bits per heavy atom. The number of anilines is 1. The van der Waals surface area contributed by atoms with E-state index < -0.39 is 0 Å². The molecule has 0 radical (unpaired) electrons. The van der Waals surface area contributed by atoms with Crippen LogP contribution in [0.3, 0.4) is 0 Å². The number of aromatic nitrogens is 5. The van der Waals surface area contributed by atoms with Gasteiger partial charge in [-0.2, -0.15) is 9.97 Å². The number of rotatable bonds is 4. The normalized spacial score (nSPS) is 10.7. The van der Waals surface area contributed by atoms with Gasteiger partial charge >= 0.3 is 0 Å². The van der Waals surface area contributed by atoms with Gasteiger partial charge in [-0.25, -0.2) is 9.37 Å². The molecule has 7 nitrogen and oxygen atoms in total. The number of methoxy groups -OCH3 is 1. The van der Waals surface area contributed by atoms with Crippen LogP contribution in [-0.4, -0.2) is 38.8 Å². The summed E-state index contributed by atoms with van der Waals surface area (Å²) in [5.74, 6) is 0.732. The molecule has 0 saturated heterocycles. The van der Waals surface area contributed by atoms with Gasteiger partial charge in [-0.05, 0) is 31.2 Å². The Kier molecular flexibility index (Phi) is 3.73. The predicted molar refractivity (Wildman–Crippen MR) is 79.0 cm³/mol. The molecule has 3 aromatic rings. The number of fused-ring (bicyclic) bond motifs is 1. The molecule has 3 rings (SSSR count). The minimum atomic E-state index is -0.325. The summed E-state index contributed by atoms with van der Waals surface area (Å²) in [6.07, 6.45) is 0. The molecule has 0 saturated carbocycles. The van der Waals surface area contributed by atoms with Gasteiger partial charge in [-0.3, -0.25) is 0 Å². The van der Waals surface area contributed by atoms with Crippen molar-refractivity contribution in [2.45, 2.75) is 6.92 Å². The van der Waals surface area contributed by atoms with E-state index in [1.54, 1.807) is 12.1 Å². The fourth-order valence-corrected chi connectivity index (χ4v) is 1.91. The van der Waals surface area contributed by atoms with Crippen LogP contribution in [0.5, 0.6) is 5.88 Å². The third-order valence-corrected chi connectivity index (χ3v) is 2.92. The van der Waals surface area contributed by atoms with Crippen molar-refractivity contribution < 1.29 is 9.13 Å². The van der Waals surface area contributed by atoms with Gasteiger partial charge in [-0.15, -0.1) is 10.2 Å². The van der Waals surface area contributed by atoms with Crippen LogP contribution in [-0.2, 0) is 0 Å². The molecular weight excluding hydrogens is 287 g/mol. The first-order chi connectivity index (χ1) is 10.7. The molecule has 1 aromatic carbocycles.